The van der Waals surface area contributed by atoms with Gasteiger partial charge in [0.15, 0.2) is 5.01 Å². The molecule has 0 saturated carbocycles. The van der Waals surface area contributed by atoms with E-state index in [2.05, 4.69) is 25.0 Å². The van der Waals surface area contributed by atoms with Crippen molar-refractivity contribution in [1.82, 2.24) is 20.4 Å². The number of aromatic nitrogens is 3. The van der Waals surface area contributed by atoms with Crippen molar-refractivity contribution in [2.24, 2.45) is 0 Å². The van der Waals surface area contributed by atoms with Crippen LogP contribution in [0, 0.1) is 0 Å². The third-order valence-electron chi connectivity index (χ3n) is 4.44. The third-order valence-corrected chi connectivity index (χ3v) is 5.28. The number of nitrogens with one attached hydrogen (secondary N) is 1. The van der Waals surface area contributed by atoms with Crippen LogP contribution in [-0.4, -0.2) is 33.7 Å². The van der Waals surface area contributed by atoms with E-state index >= 15 is 0 Å². The van der Waals surface area contributed by atoms with Crippen LogP contribution >= 0.6 is 11.3 Å². The summed E-state index contributed by atoms with van der Waals surface area (Å²) in [5.41, 5.74) is 2.02. The third kappa shape index (κ3) is 5.55. The second-order valence-corrected chi connectivity index (χ2v) is 7.85. The Morgan fingerprint density at radius 1 is 1.09 bits per heavy atom. The minimum absolute atomic E-state index is 0.174. The number of alkyl halides is 3. The van der Waals surface area contributed by atoms with Crippen molar-refractivity contribution in [3.8, 4) is 28.4 Å². The highest BCUT2D eigenvalue weighted by Crippen LogP contribution is 2.30. The topological polar surface area (TPSA) is 90.1 Å². The van der Waals surface area contributed by atoms with Gasteiger partial charge in [0, 0.05) is 16.5 Å². The number of halogens is 3. The Labute approximate surface area is 190 Å². The Morgan fingerprint density at radius 3 is 2.48 bits per heavy atom. The Morgan fingerprint density at radius 2 is 1.82 bits per heavy atom. The molecule has 1 atom stereocenters. The lowest BCUT2D eigenvalue weighted by Gasteiger charge is -2.15. The van der Waals surface area contributed by atoms with Gasteiger partial charge in [-0.15, -0.1) is 11.3 Å². The molecule has 0 bridgehead atoms. The Kier molecular flexibility index (Phi) is 6.40. The number of thiazole rings is 1. The van der Waals surface area contributed by atoms with Crippen LogP contribution in [0.5, 0.6) is 5.75 Å². The molecular formula is C22H17F3N4O3S. The number of nitrogens with zero attached hydrogens (tertiary/aromatic N) is 3. The minimum atomic E-state index is -4.70. The van der Waals surface area contributed by atoms with Crippen molar-refractivity contribution >= 4 is 17.2 Å². The van der Waals surface area contributed by atoms with Gasteiger partial charge in [-0.2, -0.15) is 18.2 Å². The Balaban J connectivity index is 1.30. The summed E-state index contributed by atoms with van der Waals surface area (Å²) in [5, 5.41) is 8.30. The molecule has 0 aliphatic carbocycles. The number of amides is 1. The molecule has 1 amide bonds. The highest BCUT2D eigenvalue weighted by Gasteiger charge is 2.38. The zero-order valence-electron chi connectivity index (χ0n) is 17.2. The molecule has 0 radical (unpaired) electrons. The maximum atomic E-state index is 12.6. The molecule has 4 aromatic rings. The Bertz CT molecular complexity index is 1220. The highest BCUT2D eigenvalue weighted by molar-refractivity contribution is 7.12. The van der Waals surface area contributed by atoms with Crippen LogP contribution in [0.15, 0.2) is 64.5 Å². The molecule has 0 aliphatic rings. The summed E-state index contributed by atoms with van der Waals surface area (Å²) in [6, 6.07) is 15.8. The average molecular weight is 474 g/mol. The monoisotopic (exact) mass is 474 g/mol. The molecule has 2 heterocycles. The normalized spacial score (nSPS) is 12.4. The van der Waals surface area contributed by atoms with Crippen molar-refractivity contribution in [1.29, 1.82) is 0 Å². The predicted octanol–water partition coefficient (Wildman–Crippen LogP) is 5.08. The van der Waals surface area contributed by atoms with Crippen LogP contribution in [0.2, 0.25) is 0 Å². The maximum absolute atomic E-state index is 12.6. The van der Waals surface area contributed by atoms with E-state index in [0.29, 0.717) is 16.3 Å². The molecule has 2 aromatic heterocycles. The largest absolute Gasteiger partial charge is 0.489 e. The molecule has 1 N–H and O–H groups in total. The second kappa shape index (κ2) is 9.41. The van der Waals surface area contributed by atoms with E-state index in [9.17, 15) is 18.0 Å². The first kappa shape index (κ1) is 22.5. The summed E-state index contributed by atoms with van der Waals surface area (Å²) < 4.78 is 47.8. The van der Waals surface area contributed by atoms with Crippen LogP contribution in [0.1, 0.15) is 22.6 Å². The van der Waals surface area contributed by atoms with Gasteiger partial charge in [0.2, 0.25) is 5.82 Å². The first-order chi connectivity index (χ1) is 15.8. The lowest BCUT2D eigenvalue weighted by atomic mass is 10.2. The molecular weight excluding hydrogens is 457 g/mol. The Hall–Kier alpha value is -3.73. The smallest absolute Gasteiger partial charge is 0.471 e. The number of hydrogen-bond acceptors (Lipinski definition) is 7. The van der Waals surface area contributed by atoms with Crippen LogP contribution in [0.25, 0.3) is 22.6 Å². The predicted molar refractivity (Wildman–Crippen MR) is 115 cm³/mol. The first-order valence-electron chi connectivity index (χ1n) is 9.77. The van der Waals surface area contributed by atoms with Gasteiger partial charge in [-0.05, 0) is 31.2 Å². The van der Waals surface area contributed by atoms with E-state index in [-0.39, 0.29) is 24.4 Å². The molecule has 33 heavy (non-hydrogen) atoms. The number of rotatable bonds is 7. The molecule has 4 rings (SSSR count). The van der Waals surface area contributed by atoms with Crippen LogP contribution in [0.4, 0.5) is 13.2 Å². The fourth-order valence-electron chi connectivity index (χ4n) is 2.84. The second-order valence-electron chi connectivity index (χ2n) is 6.99. The zero-order chi connectivity index (χ0) is 23.4. The van der Waals surface area contributed by atoms with Gasteiger partial charge in [0.25, 0.3) is 5.91 Å². The summed E-state index contributed by atoms with van der Waals surface area (Å²) in [6.07, 6.45) is -5.06. The molecule has 0 spiro atoms. The van der Waals surface area contributed by atoms with Gasteiger partial charge in [-0.25, -0.2) is 4.98 Å². The van der Waals surface area contributed by atoms with Crippen LogP contribution < -0.4 is 10.1 Å². The van der Waals surface area contributed by atoms with Crippen LogP contribution in [0.3, 0.4) is 0 Å². The van der Waals surface area contributed by atoms with Crippen molar-refractivity contribution < 1.29 is 27.2 Å². The van der Waals surface area contributed by atoms with Crippen molar-refractivity contribution in [3.05, 3.63) is 70.9 Å². The fourth-order valence-corrected chi connectivity index (χ4v) is 3.59. The van der Waals surface area contributed by atoms with E-state index in [4.69, 9.17) is 4.74 Å². The quantitative estimate of drug-likeness (QED) is 0.402. The molecule has 2 aromatic carbocycles. The molecule has 0 fully saturated rings. The number of carbonyl (C=O) groups excluding carboxylic acids is 1. The van der Waals surface area contributed by atoms with Crippen molar-refractivity contribution in [2.75, 3.05) is 6.54 Å². The first-order valence-corrected chi connectivity index (χ1v) is 10.6. The maximum Gasteiger partial charge on any atom is 0.471 e. The minimum Gasteiger partial charge on any atom is -0.489 e. The van der Waals surface area contributed by atoms with Gasteiger partial charge in [0.1, 0.15) is 11.9 Å². The molecule has 7 nitrogen and oxygen atoms in total. The molecule has 170 valence electrons. The van der Waals surface area contributed by atoms with E-state index < -0.39 is 12.1 Å². The number of carbonyl (C=O) groups is 1. The summed E-state index contributed by atoms with van der Waals surface area (Å²) >= 11 is 1.26. The van der Waals surface area contributed by atoms with Gasteiger partial charge >= 0.3 is 12.1 Å². The summed E-state index contributed by atoms with van der Waals surface area (Å²) in [4.78, 5) is 20.1. The standard InChI is InChI=1S/C22H17F3N4O3S/c1-13(11-26-19(30)20-27-17(12-33-20)14-5-3-2-4-6-14)31-16-9-7-15(8-10-16)18-28-21(32-29-18)22(23,24)25/h2-10,12-13H,11H2,1H3,(H,26,30). The van der Waals surface area contributed by atoms with Crippen LogP contribution in [-0.2, 0) is 6.18 Å². The highest BCUT2D eigenvalue weighted by atomic mass is 32.1. The number of hydrogen-bond donors (Lipinski definition) is 1. The lowest BCUT2D eigenvalue weighted by molar-refractivity contribution is -0.159. The summed E-state index contributed by atoms with van der Waals surface area (Å²) in [6.45, 7) is 2.01. The molecule has 0 saturated heterocycles. The van der Waals surface area contributed by atoms with E-state index in [1.54, 1.807) is 19.1 Å². The zero-order valence-corrected chi connectivity index (χ0v) is 18.0. The lowest BCUT2D eigenvalue weighted by Crippen LogP contribution is -2.33. The summed E-state index contributed by atoms with van der Waals surface area (Å²) in [5.74, 6) is -1.41. The average Bonchev–Trinajstić information content (AvgIpc) is 3.49. The SMILES string of the molecule is CC(CNC(=O)c1nc(-c2ccccc2)cs1)Oc1ccc(-c2noc(C(F)(F)F)n2)cc1. The van der Waals surface area contributed by atoms with Gasteiger partial charge in [0.05, 0.1) is 12.2 Å². The molecule has 0 aliphatic heterocycles. The van der Waals surface area contributed by atoms with Gasteiger partial charge < -0.3 is 14.6 Å². The number of ether oxygens (including phenoxy) is 1. The van der Waals surface area contributed by atoms with E-state index in [0.717, 1.165) is 11.3 Å². The van der Waals surface area contributed by atoms with E-state index in [1.165, 1.54) is 23.5 Å². The van der Waals surface area contributed by atoms with Gasteiger partial charge in [-0.3, -0.25) is 4.79 Å². The van der Waals surface area contributed by atoms with E-state index in [1.807, 2.05) is 35.7 Å². The number of benzene rings is 2. The fraction of sp³-hybridized carbons (Fsp3) is 0.182. The van der Waals surface area contributed by atoms with Crippen molar-refractivity contribution in [3.63, 3.8) is 0 Å². The molecule has 11 heteroatoms. The van der Waals surface area contributed by atoms with Gasteiger partial charge in [-0.1, -0.05) is 35.5 Å². The van der Waals surface area contributed by atoms with Crippen molar-refractivity contribution in [2.45, 2.75) is 19.2 Å². The molecule has 1 unspecified atom stereocenters. The summed E-state index contributed by atoms with van der Waals surface area (Å²) in [7, 11) is 0.